The van der Waals surface area contributed by atoms with E-state index < -0.39 is 10.0 Å². The number of hydrogen-bond donors (Lipinski definition) is 1. The fourth-order valence-electron chi connectivity index (χ4n) is 2.59. The van der Waals surface area contributed by atoms with Gasteiger partial charge in [0.2, 0.25) is 0 Å². The number of nitrogens with one attached hydrogen (secondary N) is 1. The molecule has 0 fully saturated rings. The predicted octanol–water partition coefficient (Wildman–Crippen LogP) is 6.13. The molecule has 0 saturated carbocycles. The normalized spacial score (nSPS) is 11.5. The van der Waals surface area contributed by atoms with Crippen molar-refractivity contribution in [1.82, 2.24) is 4.98 Å². The van der Waals surface area contributed by atoms with Crippen LogP contribution in [0.5, 0.6) is 0 Å². The van der Waals surface area contributed by atoms with Crippen LogP contribution in [0.4, 0.5) is 10.1 Å². The second kappa shape index (κ2) is 7.63. The van der Waals surface area contributed by atoms with Crippen molar-refractivity contribution in [2.45, 2.75) is 4.21 Å². The lowest BCUT2D eigenvalue weighted by molar-refractivity contribution is 0.603. The lowest BCUT2D eigenvalue weighted by atomic mass is 10.1. The summed E-state index contributed by atoms with van der Waals surface area (Å²) in [6, 6.07) is 16.3. The van der Waals surface area contributed by atoms with Crippen molar-refractivity contribution in [2.24, 2.45) is 0 Å². The van der Waals surface area contributed by atoms with Crippen LogP contribution in [-0.2, 0) is 10.0 Å². The molecule has 1 N–H and O–H groups in total. The molecule has 142 valence electrons. The zero-order valence-electron chi connectivity index (χ0n) is 14.1. The van der Waals surface area contributed by atoms with E-state index in [1.165, 1.54) is 29.5 Å². The van der Waals surface area contributed by atoms with Gasteiger partial charge in [-0.1, -0.05) is 41.9 Å². The van der Waals surface area contributed by atoms with Crippen LogP contribution in [0.2, 0.25) is 4.34 Å². The molecule has 0 radical (unpaired) electrons. The number of sulfonamides is 1. The second-order valence-electron chi connectivity index (χ2n) is 5.73. The summed E-state index contributed by atoms with van der Waals surface area (Å²) in [6.45, 7) is 0. The number of thiazole rings is 1. The van der Waals surface area contributed by atoms with Crippen molar-refractivity contribution in [2.75, 3.05) is 4.72 Å². The third-order valence-corrected chi connectivity index (χ3v) is 7.83. The number of aromatic nitrogens is 1. The molecule has 4 aromatic rings. The highest BCUT2D eigenvalue weighted by Gasteiger charge is 2.20. The Balaban J connectivity index is 1.70. The Morgan fingerprint density at radius 3 is 2.39 bits per heavy atom. The first kappa shape index (κ1) is 19.1. The fourth-order valence-corrected chi connectivity index (χ4v) is 6.00. The average Bonchev–Trinajstić information content (AvgIpc) is 3.32. The van der Waals surface area contributed by atoms with Gasteiger partial charge in [0.25, 0.3) is 10.0 Å². The molecule has 0 spiro atoms. The third-order valence-electron chi connectivity index (χ3n) is 3.87. The summed E-state index contributed by atoms with van der Waals surface area (Å²) in [7, 11) is -3.78. The molecule has 2 aromatic heterocycles. The SMILES string of the molecule is O=S(=O)(Nc1ccccc1-c1csc(-c2ccccc2F)n1)c1ccc(Cl)s1. The van der Waals surface area contributed by atoms with Crippen LogP contribution in [0.25, 0.3) is 21.8 Å². The van der Waals surface area contributed by atoms with Gasteiger partial charge in [-0.05, 0) is 30.3 Å². The fraction of sp³-hybridized carbons (Fsp3) is 0. The van der Waals surface area contributed by atoms with Crippen molar-refractivity contribution < 1.29 is 12.8 Å². The van der Waals surface area contributed by atoms with Crippen LogP contribution in [0.15, 0.2) is 70.3 Å². The Kier molecular flexibility index (Phi) is 5.20. The maximum atomic E-state index is 14.0. The molecule has 0 saturated heterocycles. The minimum absolute atomic E-state index is 0.123. The second-order valence-corrected chi connectivity index (χ2v) is 10.2. The lowest BCUT2D eigenvalue weighted by Gasteiger charge is -2.10. The van der Waals surface area contributed by atoms with Gasteiger partial charge in [-0.2, -0.15) is 0 Å². The molecule has 0 amide bonds. The number of rotatable bonds is 5. The van der Waals surface area contributed by atoms with Gasteiger partial charge in [0, 0.05) is 16.5 Å². The summed E-state index contributed by atoms with van der Waals surface area (Å²) in [4.78, 5) is 4.50. The van der Waals surface area contributed by atoms with E-state index >= 15 is 0 Å². The molecule has 28 heavy (non-hydrogen) atoms. The van der Waals surface area contributed by atoms with Crippen LogP contribution in [0.3, 0.4) is 0 Å². The monoisotopic (exact) mass is 450 g/mol. The quantitative estimate of drug-likeness (QED) is 0.397. The zero-order chi connectivity index (χ0) is 19.7. The molecule has 2 heterocycles. The number of nitrogens with zero attached hydrogens (tertiary/aromatic N) is 1. The molecule has 0 unspecified atom stereocenters. The summed E-state index contributed by atoms with van der Waals surface area (Å²) in [6.07, 6.45) is 0. The maximum Gasteiger partial charge on any atom is 0.271 e. The molecular formula is C19H12ClFN2O2S3. The van der Waals surface area contributed by atoms with E-state index in [4.69, 9.17) is 11.6 Å². The molecule has 0 aliphatic rings. The van der Waals surface area contributed by atoms with Gasteiger partial charge in [-0.15, -0.1) is 22.7 Å². The Morgan fingerprint density at radius 2 is 1.68 bits per heavy atom. The van der Waals surface area contributed by atoms with Crippen molar-refractivity contribution in [3.05, 3.63) is 76.2 Å². The summed E-state index contributed by atoms with van der Waals surface area (Å²) in [5.41, 5.74) is 1.96. The highest BCUT2D eigenvalue weighted by atomic mass is 35.5. The molecular weight excluding hydrogens is 439 g/mol. The first-order valence-electron chi connectivity index (χ1n) is 8.02. The average molecular weight is 451 g/mol. The highest BCUT2D eigenvalue weighted by molar-refractivity contribution is 7.94. The van der Waals surface area contributed by atoms with Crippen molar-refractivity contribution in [3.8, 4) is 21.8 Å². The van der Waals surface area contributed by atoms with Gasteiger partial charge in [0.1, 0.15) is 15.0 Å². The van der Waals surface area contributed by atoms with E-state index in [-0.39, 0.29) is 10.0 Å². The van der Waals surface area contributed by atoms with E-state index in [1.54, 1.807) is 47.8 Å². The van der Waals surface area contributed by atoms with E-state index in [9.17, 15) is 12.8 Å². The van der Waals surface area contributed by atoms with Gasteiger partial charge >= 0.3 is 0 Å². The molecule has 2 aromatic carbocycles. The van der Waals surface area contributed by atoms with Gasteiger partial charge in [-0.3, -0.25) is 4.72 Å². The molecule has 0 atom stereocenters. The maximum absolute atomic E-state index is 14.0. The van der Waals surface area contributed by atoms with E-state index in [1.807, 2.05) is 0 Å². The minimum atomic E-state index is -3.78. The Morgan fingerprint density at radius 1 is 0.964 bits per heavy atom. The third kappa shape index (κ3) is 3.81. The van der Waals surface area contributed by atoms with E-state index in [0.29, 0.717) is 31.9 Å². The summed E-state index contributed by atoms with van der Waals surface area (Å²) in [5, 5.41) is 2.30. The van der Waals surface area contributed by atoms with Crippen LogP contribution < -0.4 is 4.72 Å². The number of benzene rings is 2. The number of hydrogen-bond acceptors (Lipinski definition) is 5. The molecule has 0 aliphatic heterocycles. The molecule has 4 rings (SSSR count). The molecule has 9 heteroatoms. The molecule has 0 bridgehead atoms. The number of halogens is 2. The first-order valence-corrected chi connectivity index (χ1v) is 11.6. The van der Waals surface area contributed by atoms with Gasteiger partial charge in [0.05, 0.1) is 15.7 Å². The van der Waals surface area contributed by atoms with Crippen LogP contribution >= 0.6 is 34.3 Å². The number of anilines is 1. The van der Waals surface area contributed by atoms with Crippen LogP contribution in [0, 0.1) is 5.82 Å². The predicted molar refractivity (Wildman–Crippen MR) is 113 cm³/mol. The van der Waals surface area contributed by atoms with Crippen LogP contribution in [-0.4, -0.2) is 13.4 Å². The Labute approximate surface area is 174 Å². The largest absolute Gasteiger partial charge is 0.278 e. The number of thiophene rings is 1. The summed E-state index contributed by atoms with van der Waals surface area (Å²) < 4.78 is 42.4. The standard InChI is InChI=1S/C19H12ClFN2O2S3/c20-17-9-10-18(27-17)28(24,25)23-15-8-4-2-6-13(15)16-11-26-19(22-16)12-5-1-3-7-14(12)21/h1-11,23H. The van der Waals surface area contributed by atoms with Gasteiger partial charge in [-0.25, -0.2) is 17.8 Å². The highest BCUT2D eigenvalue weighted by Crippen LogP contribution is 2.35. The van der Waals surface area contributed by atoms with Crippen molar-refractivity contribution >= 4 is 50.0 Å². The zero-order valence-corrected chi connectivity index (χ0v) is 17.3. The molecule has 0 aliphatic carbocycles. The van der Waals surface area contributed by atoms with E-state index in [2.05, 4.69) is 9.71 Å². The molecule has 4 nitrogen and oxygen atoms in total. The lowest BCUT2D eigenvalue weighted by Crippen LogP contribution is -2.12. The Bertz CT molecular complexity index is 1250. The van der Waals surface area contributed by atoms with Crippen molar-refractivity contribution in [3.63, 3.8) is 0 Å². The Hall–Kier alpha value is -2.26. The minimum Gasteiger partial charge on any atom is -0.278 e. The first-order chi connectivity index (χ1) is 13.4. The number of para-hydroxylation sites is 1. The summed E-state index contributed by atoms with van der Waals surface area (Å²) >= 11 is 8.13. The topological polar surface area (TPSA) is 59.1 Å². The van der Waals surface area contributed by atoms with Gasteiger partial charge < -0.3 is 0 Å². The van der Waals surface area contributed by atoms with E-state index in [0.717, 1.165) is 11.3 Å². The van der Waals surface area contributed by atoms with Crippen LogP contribution in [0.1, 0.15) is 0 Å². The smallest absolute Gasteiger partial charge is 0.271 e. The van der Waals surface area contributed by atoms with Crippen molar-refractivity contribution in [1.29, 1.82) is 0 Å². The van der Waals surface area contributed by atoms with Gasteiger partial charge in [0.15, 0.2) is 0 Å². The summed E-state index contributed by atoms with van der Waals surface area (Å²) in [5.74, 6) is -0.355.